The van der Waals surface area contributed by atoms with Crippen LogP contribution in [0.5, 0.6) is 0 Å². The number of anilines is 1. The number of halogens is 2. The van der Waals surface area contributed by atoms with Crippen LogP contribution in [0.3, 0.4) is 0 Å². The SMILES string of the molecule is C=C(C)c1cccc(CCC2CCN(C(=C)C3CCN(C#N)CC3)CC2)c1CC.C=C(Nc1cccc(Cl)c1)C1C(c2cccc(C)c2F)CN(CC)C12CCC2.C=CCCC(C)C(=C)NC.CC. The number of nitrogens with one attached hydrogen (secondary N) is 2. The first-order chi connectivity index (χ1) is 33.2. The number of piperidine rings is 2. The van der Waals surface area contributed by atoms with Crippen LogP contribution in [0.15, 0.2) is 117 Å². The molecule has 3 saturated heterocycles. The van der Waals surface area contributed by atoms with E-state index in [4.69, 9.17) is 16.9 Å². The van der Waals surface area contributed by atoms with Crippen molar-refractivity contribution >= 4 is 22.9 Å². The van der Waals surface area contributed by atoms with E-state index in [1.807, 2.05) is 81.3 Å². The second-order valence-electron chi connectivity index (χ2n) is 19.7. The fourth-order valence-electron chi connectivity index (χ4n) is 11.3. The van der Waals surface area contributed by atoms with Gasteiger partial charge < -0.3 is 20.4 Å². The van der Waals surface area contributed by atoms with Gasteiger partial charge in [0.05, 0.1) is 0 Å². The van der Waals surface area contributed by atoms with Gasteiger partial charge in [0.25, 0.3) is 0 Å². The predicted octanol–water partition coefficient (Wildman–Crippen LogP) is 15.4. The molecule has 1 saturated carbocycles. The Balaban J connectivity index is 0.000000245. The number of likely N-dealkylation sites (tertiary alicyclic amines) is 3. The van der Waals surface area contributed by atoms with Gasteiger partial charge in [-0.05, 0) is 155 Å². The minimum absolute atomic E-state index is 0.0690. The average molecular weight is 960 g/mol. The van der Waals surface area contributed by atoms with Gasteiger partial charge in [0.15, 0.2) is 6.19 Å². The standard InChI is InChI=1S/C26H37N3.C24H28ClFN2.C9H17N.C2H6/c1-5-25-24(7-6-8-26(25)20(2)3)10-9-22-11-17-29(18-12-22)21(4)23-13-15-28(19-27)16-14-23;1-4-28-15-21(20-11-5-8-16(2)23(20)26)22(24(28)12-7-13-24)17(3)27-19-10-6-9-18(25)14-19;1-5-6-7-8(2)9(3)10-4;1-2/h6-8,22-23H,2,4-5,9-18H2,1,3H3;5-6,8-11,14,21-22,27H,3-4,7,12-13,15H2,1-2H3;5,8,10H,1,3,6-7H2,2,4H3;1-2H3. The Bertz CT molecular complexity index is 2190. The van der Waals surface area contributed by atoms with E-state index in [1.54, 1.807) is 0 Å². The van der Waals surface area contributed by atoms with E-state index < -0.39 is 0 Å². The summed E-state index contributed by atoms with van der Waals surface area (Å²) in [4.78, 5) is 6.96. The number of hydrogen-bond donors (Lipinski definition) is 2. The van der Waals surface area contributed by atoms with Crippen molar-refractivity contribution in [3.63, 3.8) is 0 Å². The molecule has 1 spiro atoms. The van der Waals surface area contributed by atoms with Crippen molar-refractivity contribution in [1.29, 1.82) is 5.26 Å². The van der Waals surface area contributed by atoms with Gasteiger partial charge in [-0.25, -0.2) is 4.39 Å². The molecule has 0 bridgehead atoms. The van der Waals surface area contributed by atoms with Gasteiger partial charge in [-0.1, -0.05) is 127 Å². The molecule has 6 nitrogen and oxygen atoms in total. The lowest BCUT2D eigenvalue weighted by atomic mass is 9.64. The molecule has 4 fully saturated rings. The van der Waals surface area contributed by atoms with Crippen LogP contribution in [0.1, 0.15) is 139 Å². The van der Waals surface area contributed by atoms with Gasteiger partial charge >= 0.3 is 0 Å². The van der Waals surface area contributed by atoms with Gasteiger partial charge in [0.2, 0.25) is 0 Å². The van der Waals surface area contributed by atoms with Crippen LogP contribution in [-0.2, 0) is 12.8 Å². The number of allylic oxidation sites excluding steroid dienone is 4. The Kier molecular flexibility index (Phi) is 23.2. The molecule has 376 valence electrons. The van der Waals surface area contributed by atoms with Crippen LogP contribution in [0.4, 0.5) is 10.1 Å². The third kappa shape index (κ3) is 14.9. The molecular weight excluding hydrogens is 871 g/mol. The average Bonchev–Trinajstić information content (AvgIpc) is 3.73. The van der Waals surface area contributed by atoms with Gasteiger partial charge in [-0.15, -0.1) is 6.58 Å². The first kappa shape index (κ1) is 56.8. The molecule has 0 amide bonds. The number of benzene rings is 3. The summed E-state index contributed by atoms with van der Waals surface area (Å²) in [5, 5.41) is 16.3. The highest BCUT2D eigenvalue weighted by molar-refractivity contribution is 6.30. The Morgan fingerprint density at radius 3 is 2.20 bits per heavy atom. The number of nitrogens with zero attached hydrogens (tertiary/aromatic N) is 4. The van der Waals surface area contributed by atoms with Crippen molar-refractivity contribution in [2.45, 2.75) is 137 Å². The zero-order valence-electron chi connectivity index (χ0n) is 44.0. The van der Waals surface area contributed by atoms with E-state index in [1.165, 1.54) is 60.1 Å². The Morgan fingerprint density at radius 1 is 0.971 bits per heavy atom. The first-order valence-electron chi connectivity index (χ1n) is 26.3. The van der Waals surface area contributed by atoms with E-state index in [2.05, 4.69) is 105 Å². The molecule has 3 atom stereocenters. The highest BCUT2D eigenvalue weighted by atomic mass is 35.5. The molecule has 69 heavy (non-hydrogen) atoms. The summed E-state index contributed by atoms with van der Waals surface area (Å²) < 4.78 is 15.1. The van der Waals surface area contributed by atoms with Crippen molar-refractivity contribution in [2.75, 3.05) is 51.6 Å². The molecule has 3 aliphatic heterocycles. The van der Waals surface area contributed by atoms with E-state index in [9.17, 15) is 0 Å². The van der Waals surface area contributed by atoms with Crippen molar-refractivity contribution in [3.8, 4) is 6.19 Å². The van der Waals surface area contributed by atoms with Gasteiger partial charge in [-0.3, -0.25) is 4.90 Å². The van der Waals surface area contributed by atoms with Crippen LogP contribution in [-0.4, -0.2) is 66.6 Å². The fourth-order valence-corrected chi connectivity index (χ4v) is 11.4. The summed E-state index contributed by atoms with van der Waals surface area (Å²) in [7, 11) is 1.91. The fraction of sp³-hybridized carbons (Fsp3) is 0.525. The summed E-state index contributed by atoms with van der Waals surface area (Å²) >= 11 is 6.16. The molecule has 0 aromatic heterocycles. The number of rotatable bonds is 17. The number of aryl methyl sites for hydroxylation is 2. The van der Waals surface area contributed by atoms with E-state index >= 15 is 4.39 Å². The second-order valence-corrected chi connectivity index (χ2v) is 20.1. The highest BCUT2D eigenvalue weighted by Crippen LogP contribution is 2.57. The topological polar surface area (TPSA) is 57.6 Å². The summed E-state index contributed by atoms with van der Waals surface area (Å²) in [6.45, 7) is 41.1. The van der Waals surface area contributed by atoms with Crippen molar-refractivity contribution in [2.24, 2.45) is 23.7 Å². The maximum atomic E-state index is 15.1. The maximum Gasteiger partial charge on any atom is 0.179 e. The Labute approximate surface area is 424 Å². The van der Waals surface area contributed by atoms with Crippen LogP contribution < -0.4 is 10.6 Å². The third-order valence-corrected chi connectivity index (χ3v) is 15.7. The lowest BCUT2D eigenvalue weighted by Gasteiger charge is -2.50. The zero-order chi connectivity index (χ0) is 50.7. The second kappa shape index (κ2) is 28.2. The summed E-state index contributed by atoms with van der Waals surface area (Å²) in [6.07, 6.45) is 18.2. The lowest BCUT2D eigenvalue weighted by molar-refractivity contribution is 0.0354. The molecule has 3 unspecified atom stereocenters. The minimum Gasteiger partial charge on any atom is -0.392 e. The number of likely N-dealkylation sites (N-methyl/N-ethyl adjacent to an activating group) is 1. The molecule has 4 aliphatic rings. The quantitative estimate of drug-likeness (QED) is 0.104. The van der Waals surface area contributed by atoms with Gasteiger partial charge in [0, 0.05) is 90.9 Å². The smallest absolute Gasteiger partial charge is 0.179 e. The van der Waals surface area contributed by atoms with Crippen LogP contribution in [0.2, 0.25) is 5.02 Å². The maximum absolute atomic E-state index is 15.1. The highest BCUT2D eigenvalue weighted by Gasteiger charge is 2.57. The van der Waals surface area contributed by atoms with Gasteiger partial charge in [-0.2, -0.15) is 5.26 Å². The minimum atomic E-state index is -0.0690. The van der Waals surface area contributed by atoms with Crippen LogP contribution in [0.25, 0.3) is 5.57 Å². The molecule has 3 aromatic carbocycles. The predicted molar refractivity (Wildman–Crippen MR) is 296 cm³/mol. The summed E-state index contributed by atoms with van der Waals surface area (Å²) in [5.41, 5.74) is 11.5. The van der Waals surface area contributed by atoms with Crippen molar-refractivity contribution in [3.05, 3.63) is 155 Å². The van der Waals surface area contributed by atoms with E-state index in [0.717, 1.165) is 113 Å². The molecule has 3 heterocycles. The first-order valence-corrected chi connectivity index (χ1v) is 26.6. The molecule has 8 heteroatoms. The van der Waals surface area contributed by atoms with Crippen molar-refractivity contribution < 1.29 is 4.39 Å². The summed E-state index contributed by atoms with van der Waals surface area (Å²) in [5.74, 6) is 2.13. The normalized spacial score (nSPS) is 19.2. The Hall–Kier alpha value is -4.77. The summed E-state index contributed by atoms with van der Waals surface area (Å²) in [6, 6.07) is 20.2. The molecular formula is C61H88ClFN6. The third-order valence-electron chi connectivity index (χ3n) is 15.5. The van der Waals surface area contributed by atoms with Crippen molar-refractivity contribution in [1.82, 2.24) is 20.0 Å². The van der Waals surface area contributed by atoms with E-state index in [-0.39, 0.29) is 23.2 Å². The number of nitriles is 1. The largest absolute Gasteiger partial charge is 0.392 e. The van der Waals surface area contributed by atoms with E-state index in [0.29, 0.717) is 22.4 Å². The van der Waals surface area contributed by atoms with Crippen LogP contribution in [0, 0.1) is 47.9 Å². The molecule has 7 rings (SSSR count). The molecule has 1 aliphatic carbocycles. The lowest BCUT2D eigenvalue weighted by Crippen LogP contribution is -2.54. The van der Waals surface area contributed by atoms with Crippen LogP contribution >= 0.6 is 11.6 Å². The number of hydrogen-bond acceptors (Lipinski definition) is 6. The Morgan fingerprint density at radius 2 is 1.64 bits per heavy atom. The molecule has 0 radical (unpaired) electrons. The molecule has 2 N–H and O–H groups in total. The zero-order valence-corrected chi connectivity index (χ0v) is 44.8. The molecule has 3 aromatic rings. The monoisotopic (exact) mass is 959 g/mol. The van der Waals surface area contributed by atoms with Gasteiger partial charge in [0.1, 0.15) is 5.82 Å².